The van der Waals surface area contributed by atoms with E-state index < -0.39 is 17.0 Å². The largest absolute Gasteiger partial charge is 0.477 e. The molecule has 0 spiro atoms. The molecule has 0 amide bonds. The molecule has 1 aliphatic rings. The second-order valence-corrected chi connectivity index (χ2v) is 3.91. The second-order valence-electron chi connectivity index (χ2n) is 3.51. The summed E-state index contributed by atoms with van der Waals surface area (Å²) in [6.07, 6.45) is -0.557. The van der Waals surface area contributed by atoms with Gasteiger partial charge in [-0.15, -0.1) is 0 Å². The molecule has 7 heteroatoms. The Morgan fingerprint density at radius 3 is 2.94 bits per heavy atom. The van der Waals surface area contributed by atoms with Crippen molar-refractivity contribution in [3.05, 3.63) is 32.8 Å². The Hall–Kier alpha value is -1.82. The van der Waals surface area contributed by atoms with E-state index in [0.717, 1.165) is 0 Å². The number of halogens is 1. The van der Waals surface area contributed by atoms with Gasteiger partial charge in [-0.25, -0.2) is 4.79 Å². The molecule has 1 aliphatic heterocycles. The molecule has 2 rings (SSSR count). The number of ether oxygens (including phenoxy) is 2. The van der Waals surface area contributed by atoms with Crippen LogP contribution < -0.4 is 4.74 Å². The number of non-ortho nitro benzene ring substituents is 1. The normalized spacial score (nSPS) is 17.2. The van der Waals surface area contributed by atoms with Crippen molar-refractivity contribution in [3.8, 4) is 5.75 Å². The summed E-state index contributed by atoms with van der Waals surface area (Å²) in [7, 11) is 1.25. The molecule has 1 heterocycles. The van der Waals surface area contributed by atoms with Crippen LogP contribution in [-0.2, 0) is 16.0 Å². The van der Waals surface area contributed by atoms with Crippen molar-refractivity contribution in [1.29, 1.82) is 0 Å². The number of esters is 1. The predicted molar refractivity (Wildman–Crippen MR) is 58.2 cm³/mol. The third kappa shape index (κ3) is 2.03. The van der Waals surface area contributed by atoms with E-state index in [-0.39, 0.29) is 17.1 Å². The van der Waals surface area contributed by atoms with Gasteiger partial charge in [-0.3, -0.25) is 10.1 Å². The van der Waals surface area contributed by atoms with E-state index in [4.69, 9.17) is 16.3 Å². The lowest BCUT2D eigenvalue weighted by atomic mass is 10.1. The first-order valence-corrected chi connectivity index (χ1v) is 5.12. The Morgan fingerprint density at radius 1 is 1.65 bits per heavy atom. The lowest BCUT2D eigenvalue weighted by Crippen LogP contribution is -2.26. The average Bonchev–Trinajstić information content (AvgIpc) is 2.72. The number of rotatable bonds is 2. The lowest BCUT2D eigenvalue weighted by molar-refractivity contribution is -0.384. The molecule has 0 radical (unpaired) electrons. The van der Waals surface area contributed by atoms with Crippen molar-refractivity contribution in [2.45, 2.75) is 12.5 Å². The average molecular weight is 258 g/mol. The van der Waals surface area contributed by atoms with Crippen LogP contribution in [0.5, 0.6) is 5.75 Å². The van der Waals surface area contributed by atoms with Gasteiger partial charge >= 0.3 is 5.97 Å². The first-order valence-electron chi connectivity index (χ1n) is 4.74. The highest BCUT2D eigenvalue weighted by atomic mass is 35.5. The van der Waals surface area contributed by atoms with Gasteiger partial charge in [-0.2, -0.15) is 0 Å². The van der Waals surface area contributed by atoms with Gasteiger partial charge in [0.2, 0.25) is 0 Å². The standard InChI is InChI=1S/C10H8ClNO5/c1-16-10(13)8-3-5-2-6(12(14)15)4-7(11)9(5)17-8/h2,4,8H,3H2,1H3. The second kappa shape index (κ2) is 4.21. The highest BCUT2D eigenvalue weighted by Gasteiger charge is 2.33. The van der Waals surface area contributed by atoms with E-state index in [2.05, 4.69) is 4.74 Å². The topological polar surface area (TPSA) is 78.7 Å². The Balaban J connectivity index is 2.35. The summed E-state index contributed by atoms with van der Waals surface area (Å²) in [6.45, 7) is 0. The Labute approximate surface area is 101 Å². The summed E-state index contributed by atoms with van der Waals surface area (Å²) in [4.78, 5) is 21.4. The first-order chi connectivity index (χ1) is 8.02. The fraction of sp³-hybridized carbons (Fsp3) is 0.300. The Morgan fingerprint density at radius 2 is 2.35 bits per heavy atom. The molecule has 1 unspecified atom stereocenters. The van der Waals surface area contributed by atoms with Crippen LogP contribution in [-0.4, -0.2) is 24.1 Å². The zero-order chi connectivity index (χ0) is 12.6. The Bertz CT molecular complexity index is 502. The summed E-state index contributed by atoms with van der Waals surface area (Å²) in [5.74, 6) is -0.215. The van der Waals surface area contributed by atoms with Crippen LogP contribution in [0.2, 0.25) is 5.02 Å². The molecule has 6 nitrogen and oxygen atoms in total. The van der Waals surface area contributed by atoms with E-state index in [1.165, 1.54) is 19.2 Å². The zero-order valence-corrected chi connectivity index (χ0v) is 9.56. The van der Waals surface area contributed by atoms with Crippen LogP contribution in [0.25, 0.3) is 0 Å². The van der Waals surface area contributed by atoms with E-state index in [0.29, 0.717) is 11.3 Å². The molecule has 90 valence electrons. The van der Waals surface area contributed by atoms with Gasteiger partial charge in [-0.05, 0) is 0 Å². The molecule has 0 saturated heterocycles. The Kier molecular flexibility index (Phi) is 2.89. The van der Waals surface area contributed by atoms with Crippen molar-refractivity contribution in [2.75, 3.05) is 7.11 Å². The maximum Gasteiger partial charge on any atom is 0.347 e. The number of hydrogen-bond donors (Lipinski definition) is 0. The smallest absolute Gasteiger partial charge is 0.347 e. The molecule has 0 saturated carbocycles. The van der Waals surface area contributed by atoms with Crippen LogP contribution in [0.15, 0.2) is 12.1 Å². The predicted octanol–water partition coefficient (Wildman–Crippen LogP) is 1.72. The van der Waals surface area contributed by atoms with Gasteiger partial charge in [-0.1, -0.05) is 11.6 Å². The van der Waals surface area contributed by atoms with Gasteiger partial charge in [0.25, 0.3) is 5.69 Å². The summed E-state index contributed by atoms with van der Waals surface area (Å²) < 4.78 is 9.84. The van der Waals surface area contributed by atoms with Crippen molar-refractivity contribution in [1.82, 2.24) is 0 Å². The number of carbonyl (C=O) groups is 1. The summed E-state index contributed by atoms with van der Waals surface area (Å²) in [5, 5.41) is 10.8. The molecule has 17 heavy (non-hydrogen) atoms. The number of benzene rings is 1. The van der Waals surface area contributed by atoms with Crippen LogP contribution >= 0.6 is 11.6 Å². The molecular weight excluding hydrogens is 250 g/mol. The van der Waals surface area contributed by atoms with E-state index in [9.17, 15) is 14.9 Å². The third-order valence-electron chi connectivity index (χ3n) is 2.45. The van der Waals surface area contributed by atoms with Crippen molar-refractivity contribution in [2.24, 2.45) is 0 Å². The van der Waals surface area contributed by atoms with Crippen molar-refractivity contribution in [3.63, 3.8) is 0 Å². The highest BCUT2D eigenvalue weighted by Crippen LogP contribution is 2.39. The van der Waals surface area contributed by atoms with Gasteiger partial charge in [0.1, 0.15) is 5.75 Å². The number of carbonyl (C=O) groups excluding carboxylic acids is 1. The third-order valence-corrected chi connectivity index (χ3v) is 2.73. The number of methoxy groups -OCH3 is 1. The minimum absolute atomic E-state index is 0.122. The molecule has 0 bridgehead atoms. The van der Waals surface area contributed by atoms with Crippen LogP contribution in [0.3, 0.4) is 0 Å². The van der Waals surface area contributed by atoms with E-state index >= 15 is 0 Å². The highest BCUT2D eigenvalue weighted by molar-refractivity contribution is 6.32. The molecule has 0 aliphatic carbocycles. The molecule has 1 aromatic rings. The SMILES string of the molecule is COC(=O)C1Cc2cc([N+](=O)[O-])cc(Cl)c2O1. The molecule has 0 aromatic heterocycles. The summed E-state index contributed by atoms with van der Waals surface area (Å²) >= 11 is 5.85. The molecule has 0 N–H and O–H groups in total. The molecular formula is C10H8ClNO5. The molecule has 0 fully saturated rings. The van der Waals surface area contributed by atoms with Crippen LogP contribution in [0.4, 0.5) is 5.69 Å². The number of nitrogens with zero attached hydrogens (tertiary/aromatic N) is 1. The fourth-order valence-corrected chi connectivity index (χ4v) is 1.95. The van der Waals surface area contributed by atoms with Crippen LogP contribution in [0.1, 0.15) is 5.56 Å². The quantitative estimate of drug-likeness (QED) is 0.458. The fourth-order valence-electron chi connectivity index (χ4n) is 1.67. The summed E-state index contributed by atoms with van der Waals surface area (Å²) in [6, 6.07) is 2.55. The van der Waals surface area contributed by atoms with Gasteiger partial charge in [0.15, 0.2) is 6.10 Å². The summed E-state index contributed by atoms with van der Waals surface area (Å²) in [5.41, 5.74) is 0.419. The number of nitro groups is 1. The minimum atomic E-state index is -0.783. The minimum Gasteiger partial charge on any atom is -0.477 e. The number of nitro benzene ring substituents is 1. The van der Waals surface area contributed by atoms with Gasteiger partial charge in [0, 0.05) is 24.1 Å². The monoisotopic (exact) mass is 257 g/mol. The van der Waals surface area contributed by atoms with Gasteiger partial charge in [0.05, 0.1) is 17.1 Å². The maximum atomic E-state index is 11.3. The first kappa shape index (κ1) is 11.7. The van der Waals surface area contributed by atoms with Crippen molar-refractivity contribution >= 4 is 23.3 Å². The molecule has 1 atom stereocenters. The van der Waals surface area contributed by atoms with Crippen molar-refractivity contribution < 1.29 is 19.2 Å². The maximum absolute atomic E-state index is 11.3. The molecule has 1 aromatic carbocycles. The number of fused-ring (bicyclic) bond motifs is 1. The lowest BCUT2D eigenvalue weighted by Gasteiger charge is -2.07. The van der Waals surface area contributed by atoms with E-state index in [1.54, 1.807) is 0 Å². The van der Waals surface area contributed by atoms with E-state index in [1.807, 2.05) is 0 Å². The number of hydrogen-bond acceptors (Lipinski definition) is 5. The van der Waals surface area contributed by atoms with Gasteiger partial charge < -0.3 is 9.47 Å². The zero-order valence-electron chi connectivity index (χ0n) is 8.81. The van der Waals surface area contributed by atoms with Crippen LogP contribution in [0, 0.1) is 10.1 Å².